The van der Waals surface area contributed by atoms with Crippen LogP contribution in [0.3, 0.4) is 0 Å². The number of amidine groups is 1. The van der Waals surface area contributed by atoms with Crippen molar-refractivity contribution in [3.8, 4) is 0 Å². The average Bonchev–Trinajstić information content (AvgIpc) is 2.89. The van der Waals surface area contributed by atoms with Crippen LogP contribution in [0.1, 0.15) is 25.0 Å². The summed E-state index contributed by atoms with van der Waals surface area (Å²) in [4.78, 5) is 6.65. The fourth-order valence-corrected chi connectivity index (χ4v) is 3.18. The lowest BCUT2D eigenvalue weighted by molar-refractivity contribution is 0.494. The third kappa shape index (κ3) is 1.88. The zero-order valence-corrected chi connectivity index (χ0v) is 9.89. The number of nitrogens with zero attached hydrogens (tertiary/aromatic N) is 2. The number of hydrogen-bond acceptors (Lipinski definition) is 3. The van der Waals surface area contributed by atoms with E-state index in [4.69, 9.17) is 11.1 Å². The smallest absolute Gasteiger partial charge is 0.141 e. The third-order valence-electron chi connectivity index (χ3n) is 4.12. The quantitative estimate of drug-likeness (QED) is 0.599. The molecule has 3 N–H and O–H groups in total. The van der Waals surface area contributed by atoms with Crippen LogP contribution in [-0.2, 0) is 0 Å². The number of nitrogens with one attached hydrogen (secondary N) is 1. The molecule has 1 aromatic rings. The van der Waals surface area contributed by atoms with Gasteiger partial charge >= 0.3 is 0 Å². The largest absolute Gasteiger partial charge is 0.382 e. The van der Waals surface area contributed by atoms with Gasteiger partial charge in [-0.2, -0.15) is 0 Å². The zero-order valence-electron chi connectivity index (χ0n) is 9.89. The highest BCUT2D eigenvalue weighted by Crippen LogP contribution is 2.39. The molecule has 1 saturated carbocycles. The Morgan fingerprint density at radius 3 is 2.53 bits per heavy atom. The van der Waals surface area contributed by atoms with Crippen LogP contribution < -0.4 is 10.6 Å². The molecular weight excluding hydrogens is 212 g/mol. The van der Waals surface area contributed by atoms with Gasteiger partial charge in [0.05, 0.1) is 11.9 Å². The molecule has 1 saturated heterocycles. The van der Waals surface area contributed by atoms with Gasteiger partial charge in [-0.3, -0.25) is 10.4 Å². The van der Waals surface area contributed by atoms with Crippen molar-refractivity contribution >= 4 is 11.5 Å². The fourth-order valence-electron chi connectivity index (χ4n) is 3.18. The van der Waals surface area contributed by atoms with Crippen molar-refractivity contribution in [3.05, 3.63) is 24.0 Å². The molecule has 0 spiro atoms. The maximum absolute atomic E-state index is 7.32. The molecular formula is C13H18N4. The summed E-state index contributed by atoms with van der Waals surface area (Å²) in [6.45, 7) is 2.34. The van der Waals surface area contributed by atoms with Gasteiger partial charge in [0.2, 0.25) is 0 Å². The molecule has 4 heteroatoms. The molecule has 0 aromatic carbocycles. The number of pyridine rings is 1. The van der Waals surface area contributed by atoms with E-state index < -0.39 is 0 Å². The standard InChI is InChI=1S/C13H18N4/c14-13(15)12-5-4-11(6-16-12)17-7-9-2-1-3-10(9)8-17/h4-6,9-10H,1-3,7-8H2,(H3,14,15). The van der Waals surface area contributed by atoms with Gasteiger partial charge in [0.15, 0.2) is 0 Å². The summed E-state index contributed by atoms with van der Waals surface area (Å²) in [6.07, 6.45) is 6.03. The lowest BCUT2D eigenvalue weighted by Crippen LogP contribution is -2.21. The maximum atomic E-state index is 7.32. The van der Waals surface area contributed by atoms with Crippen molar-refractivity contribution in [2.24, 2.45) is 17.6 Å². The number of hydrogen-bond donors (Lipinski definition) is 2. The van der Waals surface area contributed by atoms with Gasteiger partial charge in [-0.05, 0) is 36.8 Å². The minimum atomic E-state index is 0.0369. The van der Waals surface area contributed by atoms with Crippen LogP contribution in [0.2, 0.25) is 0 Å². The predicted octanol–water partition coefficient (Wildman–Crippen LogP) is 1.60. The Hall–Kier alpha value is -1.58. The van der Waals surface area contributed by atoms with Crippen molar-refractivity contribution < 1.29 is 0 Å². The van der Waals surface area contributed by atoms with Crippen LogP contribution in [0.25, 0.3) is 0 Å². The first-order valence-electron chi connectivity index (χ1n) is 6.29. The van der Waals surface area contributed by atoms with E-state index in [9.17, 15) is 0 Å². The molecule has 90 valence electrons. The summed E-state index contributed by atoms with van der Waals surface area (Å²) in [6, 6.07) is 3.87. The second kappa shape index (κ2) is 4.02. The summed E-state index contributed by atoms with van der Waals surface area (Å²) in [5, 5.41) is 7.32. The van der Waals surface area contributed by atoms with E-state index in [2.05, 4.69) is 9.88 Å². The van der Waals surface area contributed by atoms with Gasteiger partial charge in [-0.1, -0.05) is 6.42 Å². The van der Waals surface area contributed by atoms with E-state index in [1.54, 1.807) is 0 Å². The number of aromatic nitrogens is 1. The molecule has 1 aliphatic carbocycles. The van der Waals surface area contributed by atoms with E-state index in [1.165, 1.54) is 38.0 Å². The Bertz CT molecular complexity index is 414. The zero-order chi connectivity index (χ0) is 11.8. The van der Waals surface area contributed by atoms with Crippen LogP contribution >= 0.6 is 0 Å². The van der Waals surface area contributed by atoms with E-state index in [0.29, 0.717) is 5.69 Å². The van der Waals surface area contributed by atoms with Crippen LogP contribution in [0.15, 0.2) is 18.3 Å². The number of anilines is 1. The molecule has 2 heterocycles. The van der Waals surface area contributed by atoms with Crippen LogP contribution in [-0.4, -0.2) is 23.9 Å². The lowest BCUT2D eigenvalue weighted by atomic mass is 10.0. The average molecular weight is 230 g/mol. The topological polar surface area (TPSA) is 66.0 Å². The van der Waals surface area contributed by atoms with E-state index >= 15 is 0 Å². The first-order valence-corrected chi connectivity index (χ1v) is 6.29. The van der Waals surface area contributed by atoms with Crippen LogP contribution in [0.5, 0.6) is 0 Å². The molecule has 2 atom stereocenters. The van der Waals surface area contributed by atoms with E-state index in [1.807, 2.05) is 18.3 Å². The third-order valence-corrected chi connectivity index (χ3v) is 4.12. The minimum Gasteiger partial charge on any atom is -0.382 e. The van der Waals surface area contributed by atoms with Crippen molar-refractivity contribution in [2.45, 2.75) is 19.3 Å². The number of fused-ring (bicyclic) bond motifs is 1. The Labute approximate surface area is 101 Å². The summed E-state index contributed by atoms with van der Waals surface area (Å²) in [7, 11) is 0. The summed E-state index contributed by atoms with van der Waals surface area (Å²) >= 11 is 0. The molecule has 3 rings (SSSR count). The predicted molar refractivity (Wildman–Crippen MR) is 68.3 cm³/mol. The highest BCUT2D eigenvalue weighted by atomic mass is 15.2. The molecule has 4 nitrogen and oxygen atoms in total. The molecule has 17 heavy (non-hydrogen) atoms. The highest BCUT2D eigenvalue weighted by molar-refractivity contribution is 5.93. The number of nitrogen functional groups attached to an aromatic ring is 1. The van der Waals surface area contributed by atoms with Crippen molar-refractivity contribution in [1.29, 1.82) is 5.41 Å². The van der Waals surface area contributed by atoms with E-state index in [0.717, 1.165) is 11.8 Å². The summed E-state index contributed by atoms with van der Waals surface area (Å²) in [5.74, 6) is 1.82. The molecule has 2 fully saturated rings. The first-order chi connectivity index (χ1) is 8.24. The second-order valence-electron chi connectivity index (χ2n) is 5.17. The molecule has 0 bridgehead atoms. The van der Waals surface area contributed by atoms with Gasteiger partial charge in [0.25, 0.3) is 0 Å². The highest BCUT2D eigenvalue weighted by Gasteiger charge is 2.36. The Balaban J connectivity index is 1.75. The van der Waals surface area contributed by atoms with Gasteiger partial charge in [0, 0.05) is 13.1 Å². The fraction of sp³-hybridized carbons (Fsp3) is 0.538. The molecule has 1 aromatic heterocycles. The molecule has 2 unspecified atom stereocenters. The molecule has 0 radical (unpaired) electrons. The van der Waals surface area contributed by atoms with E-state index in [-0.39, 0.29) is 5.84 Å². The van der Waals surface area contributed by atoms with Crippen molar-refractivity contribution in [3.63, 3.8) is 0 Å². The Morgan fingerprint density at radius 1 is 1.29 bits per heavy atom. The SMILES string of the molecule is N=C(N)c1ccc(N2CC3CCCC3C2)cn1. The van der Waals surface area contributed by atoms with Crippen molar-refractivity contribution in [2.75, 3.05) is 18.0 Å². The molecule has 2 aliphatic rings. The van der Waals surface area contributed by atoms with Crippen LogP contribution in [0, 0.1) is 17.2 Å². The number of nitrogens with two attached hydrogens (primary N) is 1. The van der Waals surface area contributed by atoms with Crippen LogP contribution in [0.4, 0.5) is 5.69 Å². The second-order valence-corrected chi connectivity index (χ2v) is 5.17. The van der Waals surface area contributed by atoms with Gasteiger partial charge in [0.1, 0.15) is 11.5 Å². The lowest BCUT2D eigenvalue weighted by Gasteiger charge is -2.19. The first kappa shape index (κ1) is 10.6. The Kier molecular flexibility index (Phi) is 2.50. The number of rotatable bonds is 2. The minimum absolute atomic E-state index is 0.0369. The summed E-state index contributed by atoms with van der Waals surface area (Å²) in [5.41, 5.74) is 7.13. The maximum Gasteiger partial charge on any atom is 0.141 e. The van der Waals surface area contributed by atoms with Gasteiger partial charge in [-0.15, -0.1) is 0 Å². The summed E-state index contributed by atoms with van der Waals surface area (Å²) < 4.78 is 0. The molecule has 0 amide bonds. The normalized spacial score (nSPS) is 27.2. The van der Waals surface area contributed by atoms with Crippen molar-refractivity contribution in [1.82, 2.24) is 4.98 Å². The van der Waals surface area contributed by atoms with Gasteiger partial charge < -0.3 is 10.6 Å². The molecule has 1 aliphatic heterocycles. The van der Waals surface area contributed by atoms with Gasteiger partial charge in [-0.25, -0.2) is 0 Å². The monoisotopic (exact) mass is 230 g/mol. The Morgan fingerprint density at radius 2 is 2.00 bits per heavy atom.